The second kappa shape index (κ2) is 4.01. The monoisotopic (exact) mass is 198 g/mol. The van der Waals surface area contributed by atoms with Crippen molar-refractivity contribution in [1.82, 2.24) is 0 Å². The van der Waals surface area contributed by atoms with E-state index in [1.165, 1.54) is 0 Å². The zero-order valence-electron chi connectivity index (χ0n) is 9.71. The van der Waals surface area contributed by atoms with Crippen molar-refractivity contribution in [2.75, 3.05) is 0 Å². The highest BCUT2D eigenvalue weighted by Crippen LogP contribution is 2.39. The van der Waals surface area contributed by atoms with Crippen LogP contribution in [0.3, 0.4) is 0 Å². The van der Waals surface area contributed by atoms with Crippen LogP contribution in [0.4, 0.5) is 0 Å². The summed E-state index contributed by atoms with van der Waals surface area (Å²) < 4.78 is 0. The first-order valence-corrected chi connectivity index (χ1v) is 5.54. The highest BCUT2D eigenvalue weighted by molar-refractivity contribution is 5.82. The molecule has 0 aromatic carbocycles. The Bertz CT molecular complexity index is 218. The Morgan fingerprint density at radius 3 is 2.50 bits per heavy atom. The van der Waals surface area contributed by atoms with Gasteiger partial charge in [-0.3, -0.25) is 4.79 Å². The topological polar surface area (TPSA) is 37.3 Å². The largest absolute Gasteiger partial charge is 0.392 e. The summed E-state index contributed by atoms with van der Waals surface area (Å²) in [4.78, 5) is 11.7. The van der Waals surface area contributed by atoms with Gasteiger partial charge in [0.15, 0.2) is 0 Å². The van der Waals surface area contributed by atoms with Gasteiger partial charge in [-0.05, 0) is 24.2 Å². The number of rotatable bonds is 2. The van der Waals surface area contributed by atoms with Gasteiger partial charge in [-0.2, -0.15) is 0 Å². The molecule has 2 nitrogen and oxygen atoms in total. The first kappa shape index (κ1) is 11.7. The third-order valence-corrected chi connectivity index (χ3v) is 3.33. The Hall–Kier alpha value is -0.370. The molecule has 0 bridgehead atoms. The van der Waals surface area contributed by atoms with Gasteiger partial charge in [0.1, 0.15) is 5.78 Å². The third-order valence-electron chi connectivity index (χ3n) is 3.33. The Balaban J connectivity index is 2.70. The van der Waals surface area contributed by atoms with Crippen molar-refractivity contribution in [3.05, 3.63) is 0 Å². The molecule has 0 amide bonds. The highest BCUT2D eigenvalue weighted by Gasteiger charge is 2.38. The molecular formula is C12H22O2. The molecule has 1 N–H and O–H groups in total. The van der Waals surface area contributed by atoms with E-state index in [2.05, 4.69) is 13.8 Å². The van der Waals surface area contributed by atoms with Gasteiger partial charge >= 0.3 is 0 Å². The molecule has 0 aromatic rings. The molecule has 1 aliphatic carbocycles. The number of carbonyl (C=O) groups is 1. The molecule has 2 unspecified atom stereocenters. The molecule has 0 radical (unpaired) electrons. The molecule has 1 saturated carbocycles. The molecule has 0 aromatic heterocycles. The van der Waals surface area contributed by atoms with Crippen molar-refractivity contribution in [3.63, 3.8) is 0 Å². The van der Waals surface area contributed by atoms with Crippen molar-refractivity contribution in [2.45, 2.75) is 53.1 Å². The average Bonchev–Trinajstić information content (AvgIpc) is 2.08. The van der Waals surface area contributed by atoms with E-state index in [0.717, 1.165) is 12.8 Å². The Morgan fingerprint density at radius 2 is 2.00 bits per heavy atom. The van der Waals surface area contributed by atoms with E-state index in [0.29, 0.717) is 6.42 Å². The van der Waals surface area contributed by atoms with Crippen molar-refractivity contribution >= 4 is 5.78 Å². The van der Waals surface area contributed by atoms with Crippen LogP contribution < -0.4 is 0 Å². The summed E-state index contributed by atoms with van der Waals surface area (Å²) in [6.07, 6.45) is 1.99. The van der Waals surface area contributed by atoms with Crippen LogP contribution in [0.15, 0.2) is 0 Å². The summed E-state index contributed by atoms with van der Waals surface area (Å²) in [6, 6.07) is 0. The zero-order valence-corrected chi connectivity index (χ0v) is 9.71. The molecule has 0 saturated heterocycles. The summed E-state index contributed by atoms with van der Waals surface area (Å²) in [5.74, 6) is 0.308. The van der Waals surface area contributed by atoms with E-state index in [-0.39, 0.29) is 23.0 Å². The SMILES string of the molecule is CC(C)C(O)C1CC(C)(C)CCC1=O. The fourth-order valence-electron chi connectivity index (χ4n) is 2.23. The second-order valence-electron chi connectivity index (χ2n) is 5.68. The zero-order chi connectivity index (χ0) is 10.9. The molecule has 82 valence electrons. The third kappa shape index (κ3) is 2.57. The molecule has 2 atom stereocenters. The Morgan fingerprint density at radius 1 is 1.43 bits per heavy atom. The van der Waals surface area contributed by atoms with Gasteiger partial charge in [-0.1, -0.05) is 27.7 Å². The first-order valence-electron chi connectivity index (χ1n) is 5.54. The number of ketones is 1. The van der Waals surface area contributed by atoms with Crippen LogP contribution in [0.5, 0.6) is 0 Å². The Labute approximate surface area is 86.7 Å². The molecule has 0 aliphatic heterocycles. The minimum absolute atomic E-state index is 0.126. The van der Waals surface area contributed by atoms with Gasteiger partial charge in [-0.25, -0.2) is 0 Å². The van der Waals surface area contributed by atoms with Gasteiger partial charge in [0.25, 0.3) is 0 Å². The van der Waals surface area contributed by atoms with Crippen LogP contribution in [-0.4, -0.2) is 17.0 Å². The number of aliphatic hydroxyl groups excluding tert-OH is 1. The Kier molecular flexibility index (Phi) is 3.36. The van der Waals surface area contributed by atoms with Crippen LogP contribution in [-0.2, 0) is 4.79 Å². The summed E-state index contributed by atoms with van der Waals surface area (Å²) in [5.41, 5.74) is 0.217. The normalized spacial score (nSPS) is 29.3. The van der Waals surface area contributed by atoms with E-state index in [1.807, 2.05) is 13.8 Å². The molecule has 1 aliphatic rings. The summed E-state index contributed by atoms with van der Waals surface area (Å²) in [7, 11) is 0. The number of Topliss-reactive ketones (excluding diaryl/α,β-unsaturated/α-hetero) is 1. The van der Waals surface area contributed by atoms with Gasteiger partial charge in [0.2, 0.25) is 0 Å². The summed E-state index contributed by atoms with van der Waals surface area (Å²) >= 11 is 0. The van der Waals surface area contributed by atoms with Gasteiger partial charge in [0.05, 0.1) is 6.10 Å². The lowest BCUT2D eigenvalue weighted by Crippen LogP contribution is -2.39. The predicted molar refractivity (Wildman–Crippen MR) is 57.0 cm³/mol. The van der Waals surface area contributed by atoms with Crippen molar-refractivity contribution < 1.29 is 9.90 Å². The van der Waals surface area contributed by atoms with Crippen molar-refractivity contribution in [2.24, 2.45) is 17.3 Å². The number of carbonyl (C=O) groups excluding carboxylic acids is 1. The first-order chi connectivity index (χ1) is 6.33. The second-order valence-corrected chi connectivity index (χ2v) is 5.68. The predicted octanol–water partition coefficient (Wildman–Crippen LogP) is 2.40. The van der Waals surface area contributed by atoms with Crippen LogP contribution in [0, 0.1) is 17.3 Å². The van der Waals surface area contributed by atoms with E-state index in [9.17, 15) is 9.90 Å². The van der Waals surface area contributed by atoms with E-state index >= 15 is 0 Å². The lowest BCUT2D eigenvalue weighted by atomic mass is 9.68. The quantitative estimate of drug-likeness (QED) is 0.739. The summed E-state index contributed by atoms with van der Waals surface area (Å²) in [5, 5.41) is 9.93. The highest BCUT2D eigenvalue weighted by atomic mass is 16.3. The van der Waals surface area contributed by atoms with E-state index in [1.54, 1.807) is 0 Å². The molecule has 1 fully saturated rings. The molecule has 14 heavy (non-hydrogen) atoms. The molecular weight excluding hydrogens is 176 g/mol. The van der Waals surface area contributed by atoms with Gasteiger partial charge in [0, 0.05) is 12.3 Å². The van der Waals surface area contributed by atoms with Gasteiger partial charge in [-0.15, -0.1) is 0 Å². The van der Waals surface area contributed by atoms with Gasteiger partial charge < -0.3 is 5.11 Å². The number of hydrogen-bond donors (Lipinski definition) is 1. The van der Waals surface area contributed by atoms with Crippen LogP contribution >= 0.6 is 0 Å². The lowest BCUT2D eigenvalue weighted by Gasteiger charge is -2.37. The van der Waals surface area contributed by atoms with Crippen LogP contribution in [0.2, 0.25) is 0 Å². The minimum atomic E-state index is -0.456. The molecule has 0 heterocycles. The maximum Gasteiger partial charge on any atom is 0.138 e. The minimum Gasteiger partial charge on any atom is -0.392 e. The lowest BCUT2D eigenvalue weighted by molar-refractivity contribution is -0.133. The van der Waals surface area contributed by atoms with E-state index < -0.39 is 6.10 Å². The average molecular weight is 198 g/mol. The molecule has 1 rings (SSSR count). The maximum atomic E-state index is 11.7. The molecule has 0 spiro atoms. The van der Waals surface area contributed by atoms with Crippen molar-refractivity contribution in [1.29, 1.82) is 0 Å². The maximum absolute atomic E-state index is 11.7. The standard InChI is InChI=1S/C12H22O2/c1-8(2)11(14)9-7-12(3,4)6-5-10(9)13/h8-9,11,14H,5-7H2,1-4H3. The van der Waals surface area contributed by atoms with Crippen LogP contribution in [0.1, 0.15) is 47.0 Å². The van der Waals surface area contributed by atoms with Crippen molar-refractivity contribution in [3.8, 4) is 0 Å². The fourth-order valence-corrected chi connectivity index (χ4v) is 2.23. The number of aliphatic hydroxyl groups is 1. The fraction of sp³-hybridized carbons (Fsp3) is 0.917. The van der Waals surface area contributed by atoms with E-state index in [4.69, 9.17) is 0 Å². The smallest absolute Gasteiger partial charge is 0.138 e. The number of hydrogen-bond acceptors (Lipinski definition) is 2. The summed E-state index contributed by atoms with van der Waals surface area (Å²) in [6.45, 7) is 8.30. The molecule has 2 heteroatoms. The van der Waals surface area contributed by atoms with Crippen LogP contribution in [0.25, 0.3) is 0 Å².